The van der Waals surface area contributed by atoms with Gasteiger partial charge in [0.05, 0.1) is 0 Å². The molecule has 6 heterocycles. The number of likely N-dealkylation sites (tertiary alicyclic amines) is 5. The topological polar surface area (TPSA) is 28.2 Å². The van der Waals surface area contributed by atoms with E-state index in [9.17, 15) is 0 Å². The summed E-state index contributed by atoms with van der Waals surface area (Å²) < 4.78 is 0. The van der Waals surface area contributed by atoms with Gasteiger partial charge in [-0.15, -0.1) is 0 Å². The molecule has 0 saturated carbocycles. The van der Waals surface area contributed by atoms with Gasteiger partial charge >= 0.3 is 0 Å². The molecule has 6 aliphatic heterocycles. The average Bonchev–Trinajstić information content (AvgIpc) is 3.33. The summed E-state index contributed by atoms with van der Waals surface area (Å²) in [6, 6.07) is 0. The van der Waals surface area contributed by atoms with Crippen molar-refractivity contribution in [3.63, 3.8) is 0 Å². The van der Waals surface area contributed by atoms with E-state index in [0.717, 1.165) is 35.5 Å². The second kappa shape index (κ2) is 46.3. The molecule has 0 aromatic carbocycles. The van der Waals surface area contributed by atoms with Crippen molar-refractivity contribution in [3.8, 4) is 0 Å². The summed E-state index contributed by atoms with van der Waals surface area (Å²) in [7, 11) is 0. The zero-order valence-electron chi connectivity index (χ0n) is 53.2. The number of rotatable bonds is 10. The summed E-state index contributed by atoms with van der Waals surface area (Å²) in [6.07, 6.45) is 17.3. The minimum Gasteiger partial charge on any atom is -0.316 e. The maximum Gasteiger partial charge on any atom is 0.00390 e. The van der Waals surface area contributed by atoms with Crippen LogP contribution in [0.1, 0.15) is 250 Å². The molecule has 69 heavy (non-hydrogen) atoms. The van der Waals surface area contributed by atoms with Crippen LogP contribution in [0.25, 0.3) is 0 Å². The van der Waals surface area contributed by atoms with Crippen LogP contribution >= 0.6 is 0 Å². The van der Waals surface area contributed by atoms with Crippen molar-refractivity contribution >= 4 is 0 Å². The number of hydrogen-bond acceptors (Lipinski definition) is 6. The van der Waals surface area contributed by atoms with E-state index in [0.29, 0.717) is 16.2 Å². The summed E-state index contributed by atoms with van der Waals surface area (Å²) in [5.74, 6) is 4.93. The van der Waals surface area contributed by atoms with Crippen LogP contribution in [0.3, 0.4) is 0 Å². The Kier molecular flexibility index (Phi) is 50.5. The Morgan fingerprint density at radius 2 is 0.551 bits per heavy atom. The highest BCUT2D eigenvalue weighted by Gasteiger charge is 2.39. The molecule has 0 amide bonds. The van der Waals surface area contributed by atoms with Crippen molar-refractivity contribution in [2.24, 2.45) is 51.8 Å². The molecule has 6 rings (SSSR count). The first-order valence-electron chi connectivity index (χ1n) is 31.2. The molecule has 6 saturated heterocycles. The first-order chi connectivity index (χ1) is 32.9. The van der Waals surface area contributed by atoms with E-state index in [1.807, 2.05) is 83.1 Å². The van der Waals surface area contributed by atoms with Crippen LogP contribution in [0.4, 0.5) is 0 Å². The third kappa shape index (κ3) is 36.4. The molecule has 0 bridgehead atoms. The number of piperidine rings is 6. The van der Waals surface area contributed by atoms with Gasteiger partial charge in [-0.3, -0.25) is 0 Å². The Morgan fingerprint density at radius 3 is 0.812 bits per heavy atom. The zero-order chi connectivity index (χ0) is 54.1. The van der Waals surface area contributed by atoms with Crippen LogP contribution in [0.2, 0.25) is 0 Å². The van der Waals surface area contributed by atoms with Crippen molar-refractivity contribution < 1.29 is 0 Å². The van der Waals surface area contributed by atoms with Gasteiger partial charge in [0.25, 0.3) is 0 Å². The molecule has 0 unspecified atom stereocenters. The molecule has 3 spiro atoms. The largest absolute Gasteiger partial charge is 0.316 e. The predicted octanol–water partition coefficient (Wildman–Crippen LogP) is 16.9. The fourth-order valence-electron chi connectivity index (χ4n) is 11.3. The van der Waals surface area contributed by atoms with Gasteiger partial charge in [-0.05, 0) is 194 Å². The Hall–Kier alpha value is -0.240. The molecule has 0 aliphatic carbocycles. The summed E-state index contributed by atoms with van der Waals surface area (Å²) in [6.45, 7) is 76.4. The monoisotopic (exact) mass is 981 g/mol. The van der Waals surface area contributed by atoms with Crippen molar-refractivity contribution in [1.29, 1.82) is 0 Å². The smallest absolute Gasteiger partial charge is 0.00390 e. The third-order valence-electron chi connectivity index (χ3n) is 14.1. The maximum absolute atomic E-state index is 3.58. The highest BCUT2D eigenvalue weighted by Crippen LogP contribution is 2.42. The quantitative estimate of drug-likeness (QED) is 0.235. The summed E-state index contributed by atoms with van der Waals surface area (Å²) in [5.41, 5.74) is 2.05. The lowest BCUT2D eigenvalue weighted by atomic mass is 9.71. The summed E-state index contributed by atoms with van der Waals surface area (Å²) >= 11 is 0. The van der Waals surface area contributed by atoms with E-state index >= 15 is 0 Å². The van der Waals surface area contributed by atoms with E-state index in [-0.39, 0.29) is 0 Å². The first kappa shape index (κ1) is 75.3. The Bertz CT molecular complexity index is 964. The Balaban J connectivity index is -0.000000400. The maximum atomic E-state index is 3.58. The molecule has 422 valence electrons. The Morgan fingerprint density at radius 1 is 0.304 bits per heavy atom. The van der Waals surface area contributed by atoms with E-state index in [1.165, 1.54) is 188 Å². The predicted molar refractivity (Wildman–Crippen MR) is 321 cm³/mol. The molecule has 6 nitrogen and oxygen atoms in total. The van der Waals surface area contributed by atoms with Crippen LogP contribution in [0.5, 0.6) is 0 Å². The molecule has 1 N–H and O–H groups in total. The van der Waals surface area contributed by atoms with Crippen LogP contribution in [-0.2, 0) is 0 Å². The molecular formula is C63H140N6. The molecule has 0 aromatic heterocycles. The van der Waals surface area contributed by atoms with E-state index in [4.69, 9.17) is 0 Å². The van der Waals surface area contributed by atoms with Gasteiger partial charge in [0.2, 0.25) is 0 Å². The van der Waals surface area contributed by atoms with Gasteiger partial charge in [-0.2, -0.15) is 0 Å². The van der Waals surface area contributed by atoms with Crippen molar-refractivity contribution in [2.45, 2.75) is 250 Å². The number of nitrogens with one attached hydrogen (secondary N) is 1. The fourth-order valence-corrected chi connectivity index (χ4v) is 11.3. The highest BCUT2D eigenvalue weighted by atomic mass is 15.2. The summed E-state index contributed by atoms with van der Waals surface area (Å²) in [5, 5.41) is 3.58. The number of hydrogen-bond donors (Lipinski definition) is 1. The van der Waals surface area contributed by atoms with Crippen molar-refractivity contribution in [1.82, 2.24) is 29.8 Å². The standard InChI is InChI=1S/2C17H34N2.C13H26N2.C4H10.6C2H6/c1-15(2)13-18-9-5-17(6-10-18)7-11-19(12-8-17)14-16(3)4;1-15(2)12-18-10-7-17(8-11-18)6-5-9-19(14-17)13-16(3)4;1-12(2)10-15-8-5-13(6-9-15)4-3-7-14-11-13;1-4(2)3;6*1-2/h2*15-16H,5-14H2,1-4H3;12,14H,3-11H2,1-2H3;4H,1-3H3;6*1-2H3. The highest BCUT2D eigenvalue weighted by molar-refractivity contribution is 4.93. The molecule has 6 fully saturated rings. The SMILES string of the molecule is CC.CC.CC.CC.CC.CC.CC(C)C.CC(C)CN1CCC2(CC1)CCN(CC(C)C)CC2.CC(C)CN1CCC2(CCCN(CC(C)C)C2)CC1.CC(C)CN1CCC2(CCCNC2)CC1. The minimum atomic E-state index is 0.667. The van der Waals surface area contributed by atoms with Gasteiger partial charge in [0.15, 0.2) is 0 Å². The second-order valence-electron chi connectivity index (χ2n) is 23.5. The zero-order valence-corrected chi connectivity index (χ0v) is 53.2. The molecular weight excluding hydrogens is 841 g/mol. The normalized spacial score (nSPS) is 21.1. The fraction of sp³-hybridized carbons (Fsp3) is 1.00. The van der Waals surface area contributed by atoms with Crippen molar-refractivity contribution in [2.75, 3.05) is 111 Å². The van der Waals surface area contributed by atoms with Gasteiger partial charge in [0, 0.05) is 45.8 Å². The molecule has 0 radical (unpaired) electrons. The average molecular weight is 982 g/mol. The molecule has 0 atom stereocenters. The lowest BCUT2D eigenvalue weighted by Crippen LogP contribution is -2.50. The van der Waals surface area contributed by atoms with Crippen molar-refractivity contribution in [3.05, 3.63) is 0 Å². The van der Waals surface area contributed by atoms with E-state index in [2.05, 4.69) is 120 Å². The lowest BCUT2D eigenvalue weighted by Gasteiger charge is -2.48. The Labute approximate surface area is 441 Å². The van der Waals surface area contributed by atoms with Gasteiger partial charge in [0.1, 0.15) is 0 Å². The number of nitrogens with zero attached hydrogens (tertiary/aromatic N) is 5. The van der Waals surface area contributed by atoms with Crippen LogP contribution in [-0.4, -0.2) is 136 Å². The van der Waals surface area contributed by atoms with Crippen LogP contribution in [0.15, 0.2) is 0 Å². The van der Waals surface area contributed by atoms with Gasteiger partial charge < -0.3 is 29.8 Å². The van der Waals surface area contributed by atoms with Crippen LogP contribution in [0, 0.1) is 51.8 Å². The van der Waals surface area contributed by atoms with Gasteiger partial charge in [-0.1, -0.05) is 173 Å². The van der Waals surface area contributed by atoms with E-state index < -0.39 is 0 Å². The lowest BCUT2D eigenvalue weighted by molar-refractivity contribution is 0.0170. The second-order valence-corrected chi connectivity index (χ2v) is 23.5. The first-order valence-corrected chi connectivity index (χ1v) is 31.2. The summed E-state index contributed by atoms with van der Waals surface area (Å²) in [4.78, 5) is 13.5. The van der Waals surface area contributed by atoms with E-state index in [1.54, 1.807) is 0 Å². The molecule has 6 aliphatic rings. The third-order valence-corrected chi connectivity index (χ3v) is 14.1. The molecule has 0 aromatic rings. The van der Waals surface area contributed by atoms with Gasteiger partial charge in [-0.25, -0.2) is 0 Å². The molecule has 6 heteroatoms. The minimum absolute atomic E-state index is 0.667. The van der Waals surface area contributed by atoms with Crippen LogP contribution < -0.4 is 5.32 Å².